The van der Waals surface area contributed by atoms with Gasteiger partial charge in [0.2, 0.25) is 0 Å². The van der Waals surface area contributed by atoms with Crippen molar-refractivity contribution < 1.29 is 4.79 Å². The van der Waals surface area contributed by atoms with Crippen LogP contribution in [0.5, 0.6) is 0 Å². The molecule has 18 heavy (non-hydrogen) atoms. The fourth-order valence-electron chi connectivity index (χ4n) is 2.93. The predicted molar refractivity (Wildman–Crippen MR) is 78.5 cm³/mol. The summed E-state index contributed by atoms with van der Waals surface area (Å²) in [6, 6.07) is 0. The Labute approximate surface area is 112 Å². The monoisotopic (exact) mass is 246 g/mol. The van der Waals surface area contributed by atoms with Crippen molar-refractivity contribution in [3.8, 4) is 0 Å². The van der Waals surface area contributed by atoms with Crippen molar-refractivity contribution in [2.24, 2.45) is 11.3 Å². The van der Waals surface area contributed by atoms with Crippen LogP contribution in [0.1, 0.15) is 54.4 Å². The summed E-state index contributed by atoms with van der Waals surface area (Å²) in [5, 5.41) is 0. The molecule has 0 N–H and O–H groups in total. The number of rotatable bonds is 3. The number of hydrogen-bond donors (Lipinski definition) is 0. The van der Waals surface area contributed by atoms with Crippen LogP contribution in [0.3, 0.4) is 0 Å². The van der Waals surface area contributed by atoms with E-state index in [1.54, 1.807) is 0 Å². The summed E-state index contributed by atoms with van der Waals surface area (Å²) in [4.78, 5) is 12.1. The summed E-state index contributed by atoms with van der Waals surface area (Å²) in [7, 11) is 0. The molecule has 0 aromatic carbocycles. The molecule has 100 valence electrons. The summed E-state index contributed by atoms with van der Waals surface area (Å²) in [6.07, 6.45) is 8.47. The first-order valence-corrected chi connectivity index (χ1v) is 6.90. The van der Waals surface area contributed by atoms with Crippen molar-refractivity contribution >= 4 is 5.78 Å². The summed E-state index contributed by atoms with van der Waals surface area (Å²) < 4.78 is 0. The quantitative estimate of drug-likeness (QED) is 0.650. The van der Waals surface area contributed by atoms with E-state index in [9.17, 15) is 4.79 Å². The van der Waals surface area contributed by atoms with Crippen LogP contribution in [-0.2, 0) is 4.79 Å². The zero-order valence-electron chi connectivity index (χ0n) is 12.6. The molecule has 0 spiro atoms. The van der Waals surface area contributed by atoms with Crippen LogP contribution < -0.4 is 0 Å². The van der Waals surface area contributed by atoms with E-state index in [4.69, 9.17) is 0 Å². The summed E-state index contributed by atoms with van der Waals surface area (Å²) >= 11 is 0. The van der Waals surface area contributed by atoms with Crippen LogP contribution in [0.15, 0.2) is 34.9 Å². The van der Waals surface area contributed by atoms with Gasteiger partial charge in [0.1, 0.15) is 0 Å². The van der Waals surface area contributed by atoms with Crippen molar-refractivity contribution in [2.75, 3.05) is 0 Å². The first-order valence-electron chi connectivity index (χ1n) is 6.90. The van der Waals surface area contributed by atoms with Gasteiger partial charge in [0.05, 0.1) is 0 Å². The van der Waals surface area contributed by atoms with Gasteiger partial charge in [-0.1, -0.05) is 51.5 Å². The molecule has 0 aromatic heterocycles. The maximum Gasteiger partial charge on any atom is 0.161 e. The Kier molecular flexibility index (Phi) is 4.72. The van der Waals surface area contributed by atoms with Crippen LogP contribution in [0.25, 0.3) is 0 Å². The van der Waals surface area contributed by atoms with Gasteiger partial charge in [-0.2, -0.15) is 0 Å². The molecule has 0 fully saturated rings. The molecule has 1 unspecified atom stereocenters. The Morgan fingerprint density at radius 1 is 1.44 bits per heavy atom. The fourth-order valence-corrected chi connectivity index (χ4v) is 2.93. The maximum atomic E-state index is 12.1. The highest BCUT2D eigenvalue weighted by molar-refractivity contribution is 5.98. The van der Waals surface area contributed by atoms with Crippen LogP contribution in [0, 0.1) is 11.3 Å². The molecule has 0 bridgehead atoms. The average molecular weight is 246 g/mol. The van der Waals surface area contributed by atoms with Crippen LogP contribution in [0.4, 0.5) is 0 Å². The first kappa shape index (κ1) is 14.9. The third kappa shape index (κ3) is 3.22. The predicted octanol–water partition coefficient (Wildman–Crippen LogP) is 4.85. The lowest BCUT2D eigenvalue weighted by molar-refractivity contribution is -0.120. The molecule has 1 heteroatoms. The van der Waals surface area contributed by atoms with E-state index < -0.39 is 0 Å². The Morgan fingerprint density at radius 3 is 2.61 bits per heavy atom. The van der Waals surface area contributed by atoms with E-state index in [0.29, 0.717) is 5.78 Å². The molecule has 1 atom stereocenters. The second-order valence-electron chi connectivity index (χ2n) is 6.08. The molecule has 1 nitrogen and oxygen atoms in total. The summed E-state index contributed by atoms with van der Waals surface area (Å²) in [5.74, 6) is 0.468. The Hall–Kier alpha value is -1.11. The molecular weight excluding hydrogens is 220 g/mol. The van der Waals surface area contributed by atoms with E-state index in [1.165, 1.54) is 11.1 Å². The zero-order chi connectivity index (χ0) is 13.9. The minimum absolute atomic E-state index is 0.0976. The summed E-state index contributed by atoms with van der Waals surface area (Å²) in [5.41, 5.74) is 3.51. The molecule has 0 saturated heterocycles. The first-order chi connectivity index (χ1) is 8.29. The van der Waals surface area contributed by atoms with Gasteiger partial charge in [0.15, 0.2) is 5.78 Å². The van der Waals surface area contributed by atoms with Gasteiger partial charge >= 0.3 is 0 Å². The average Bonchev–Trinajstić information content (AvgIpc) is 2.25. The fraction of sp³-hybridized carbons (Fsp3) is 0.588. The van der Waals surface area contributed by atoms with Gasteiger partial charge in [-0.05, 0) is 43.3 Å². The SMILES string of the molecule is CC/C=C(C)/C=C/C1=C(C)C(=O)C(C)CC1(C)C. The lowest BCUT2D eigenvalue weighted by Crippen LogP contribution is -2.30. The molecular formula is C17H26O. The number of hydrogen-bond acceptors (Lipinski definition) is 1. The molecule has 1 rings (SSSR count). The van der Waals surface area contributed by atoms with E-state index in [1.807, 2.05) is 13.8 Å². The van der Waals surface area contributed by atoms with Crippen LogP contribution >= 0.6 is 0 Å². The van der Waals surface area contributed by atoms with Crippen LogP contribution in [0.2, 0.25) is 0 Å². The Balaban J connectivity index is 3.11. The lowest BCUT2D eigenvalue weighted by atomic mass is 9.68. The third-order valence-corrected chi connectivity index (χ3v) is 3.81. The Bertz CT molecular complexity index is 419. The largest absolute Gasteiger partial charge is 0.294 e. The number of carbonyl (C=O) groups excluding carboxylic acids is 1. The van der Waals surface area contributed by atoms with Crippen molar-refractivity contribution in [3.63, 3.8) is 0 Å². The highest BCUT2D eigenvalue weighted by Gasteiger charge is 2.35. The zero-order valence-corrected chi connectivity index (χ0v) is 12.6. The molecule has 0 amide bonds. The van der Waals surface area contributed by atoms with Crippen molar-refractivity contribution in [3.05, 3.63) is 34.9 Å². The van der Waals surface area contributed by atoms with Gasteiger partial charge < -0.3 is 0 Å². The second kappa shape index (κ2) is 5.69. The van der Waals surface area contributed by atoms with Gasteiger partial charge in [0.25, 0.3) is 0 Å². The minimum Gasteiger partial charge on any atom is -0.294 e. The maximum absolute atomic E-state index is 12.1. The number of ketones is 1. The van der Waals surface area contributed by atoms with E-state index in [0.717, 1.165) is 18.4 Å². The van der Waals surface area contributed by atoms with Crippen LogP contribution in [-0.4, -0.2) is 5.78 Å². The lowest BCUT2D eigenvalue weighted by Gasteiger charge is -2.35. The molecule has 0 heterocycles. The Morgan fingerprint density at radius 2 is 2.06 bits per heavy atom. The van der Waals surface area contributed by atoms with Crippen molar-refractivity contribution in [2.45, 2.75) is 54.4 Å². The molecule has 0 radical (unpaired) electrons. The molecule has 0 aliphatic heterocycles. The van der Waals surface area contributed by atoms with Gasteiger partial charge in [-0.25, -0.2) is 0 Å². The highest BCUT2D eigenvalue weighted by Crippen LogP contribution is 2.41. The number of carbonyl (C=O) groups is 1. The normalized spacial score (nSPS) is 25.1. The van der Waals surface area contributed by atoms with Crippen molar-refractivity contribution in [1.29, 1.82) is 0 Å². The summed E-state index contributed by atoms with van der Waals surface area (Å²) in [6.45, 7) is 12.7. The van der Waals surface area contributed by atoms with E-state index in [2.05, 4.69) is 45.9 Å². The molecule has 0 aromatic rings. The van der Waals surface area contributed by atoms with Gasteiger partial charge in [0, 0.05) is 5.92 Å². The topological polar surface area (TPSA) is 17.1 Å². The molecule has 0 saturated carbocycles. The second-order valence-corrected chi connectivity index (χ2v) is 6.08. The highest BCUT2D eigenvalue weighted by atomic mass is 16.1. The van der Waals surface area contributed by atoms with E-state index >= 15 is 0 Å². The molecule has 1 aliphatic carbocycles. The molecule has 1 aliphatic rings. The smallest absolute Gasteiger partial charge is 0.161 e. The van der Waals surface area contributed by atoms with E-state index in [-0.39, 0.29) is 11.3 Å². The minimum atomic E-state index is 0.0976. The van der Waals surface area contributed by atoms with Crippen molar-refractivity contribution in [1.82, 2.24) is 0 Å². The third-order valence-electron chi connectivity index (χ3n) is 3.81. The standard InChI is InChI=1S/C17H26O/c1-7-8-12(2)9-10-15-14(4)16(18)13(3)11-17(15,5)6/h8-10,13H,7,11H2,1-6H3/b10-9+,12-8+. The van der Waals surface area contributed by atoms with Gasteiger partial charge in [-0.3, -0.25) is 4.79 Å². The number of Topliss-reactive ketones (excluding diaryl/α,β-unsaturated/α-hetero) is 1. The van der Waals surface area contributed by atoms with Gasteiger partial charge in [-0.15, -0.1) is 0 Å². The number of allylic oxidation sites excluding steroid dienone is 6.